The van der Waals surface area contributed by atoms with Crippen molar-refractivity contribution in [3.8, 4) is 0 Å². The van der Waals surface area contributed by atoms with Gasteiger partial charge in [-0.25, -0.2) is 18.8 Å². The van der Waals surface area contributed by atoms with Crippen molar-refractivity contribution in [3.63, 3.8) is 0 Å². The number of carboxylic acid groups (broad SMARTS) is 1. The summed E-state index contributed by atoms with van der Waals surface area (Å²) in [6.45, 7) is 4.17. The molecule has 8 nitrogen and oxygen atoms in total. The summed E-state index contributed by atoms with van der Waals surface area (Å²) in [5.74, 6) is -1.73. The van der Waals surface area contributed by atoms with Crippen LogP contribution in [0, 0.1) is 5.82 Å². The molecule has 1 aliphatic rings. The van der Waals surface area contributed by atoms with Gasteiger partial charge in [-0.15, -0.1) is 0 Å². The molecule has 1 saturated heterocycles. The first-order valence-electron chi connectivity index (χ1n) is 8.98. The number of nitrogens with one attached hydrogen (secondary N) is 2. The first-order chi connectivity index (χ1) is 13.4. The van der Waals surface area contributed by atoms with E-state index in [1.807, 2.05) is 11.8 Å². The minimum absolute atomic E-state index is 0.115. The molecule has 1 atom stereocenters. The van der Waals surface area contributed by atoms with Gasteiger partial charge in [-0.1, -0.05) is 0 Å². The number of hydrogen-bond donors (Lipinski definition) is 3. The molecule has 0 saturated carbocycles. The highest BCUT2D eigenvalue weighted by molar-refractivity contribution is 5.97. The zero-order valence-electron chi connectivity index (χ0n) is 15.5. The van der Waals surface area contributed by atoms with Gasteiger partial charge in [-0.2, -0.15) is 0 Å². The van der Waals surface area contributed by atoms with Crippen molar-refractivity contribution in [2.75, 3.05) is 37.0 Å². The molecule has 2 aromatic heterocycles. The highest BCUT2D eigenvalue weighted by atomic mass is 19.1. The van der Waals surface area contributed by atoms with E-state index in [2.05, 4.69) is 15.7 Å². The number of carboxylic acids is 1. The Labute approximate surface area is 159 Å². The van der Waals surface area contributed by atoms with Crippen LogP contribution < -0.4 is 21.1 Å². The van der Waals surface area contributed by atoms with Gasteiger partial charge in [0.25, 0.3) is 0 Å². The molecule has 1 aromatic carbocycles. The number of anilines is 1. The molecule has 9 heteroatoms. The Bertz CT molecular complexity index is 1160. The quantitative estimate of drug-likeness (QED) is 0.586. The van der Waals surface area contributed by atoms with E-state index in [9.17, 15) is 19.1 Å². The highest BCUT2D eigenvalue weighted by Crippen LogP contribution is 2.27. The SMILES string of the molecule is CNn1cc(C(=O)O)c(=O)c2cc3cc(F)c(N4CCNC(C)C4)cc3nc21. The van der Waals surface area contributed by atoms with E-state index in [0.717, 1.165) is 6.54 Å². The second-order valence-corrected chi connectivity index (χ2v) is 6.93. The summed E-state index contributed by atoms with van der Waals surface area (Å²) in [5, 5.41) is 13.2. The average molecular weight is 385 g/mol. The third-order valence-electron chi connectivity index (χ3n) is 5.02. The summed E-state index contributed by atoms with van der Waals surface area (Å²) in [4.78, 5) is 30.4. The number of fused-ring (bicyclic) bond motifs is 2. The largest absolute Gasteiger partial charge is 0.477 e. The summed E-state index contributed by atoms with van der Waals surface area (Å²) in [6.07, 6.45) is 1.20. The van der Waals surface area contributed by atoms with Crippen molar-refractivity contribution < 1.29 is 14.3 Å². The van der Waals surface area contributed by atoms with Gasteiger partial charge in [0.1, 0.15) is 11.4 Å². The van der Waals surface area contributed by atoms with Gasteiger partial charge in [0.2, 0.25) is 5.43 Å². The molecule has 1 unspecified atom stereocenters. The lowest BCUT2D eigenvalue weighted by molar-refractivity contribution is 0.0695. The Hall–Kier alpha value is -3.20. The maximum atomic E-state index is 14.8. The van der Waals surface area contributed by atoms with Crippen LogP contribution in [-0.2, 0) is 0 Å². The van der Waals surface area contributed by atoms with Crippen molar-refractivity contribution in [1.29, 1.82) is 0 Å². The molecular formula is C19H20FN5O3. The molecule has 0 radical (unpaired) electrons. The average Bonchev–Trinajstić information content (AvgIpc) is 2.66. The monoisotopic (exact) mass is 385 g/mol. The number of piperazine rings is 1. The molecule has 0 amide bonds. The van der Waals surface area contributed by atoms with Crippen LogP contribution in [0.3, 0.4) is 0 Å². The van der Waals surface area contributed by atoms with Crippen LogP contribution in [0.2, 0.25) is 0 Å². The van der Waals surface area contributed by atoms with Crippen molar-refractivity contribution in [2.24, 2.45) is 0 Å². The molecule has 3 heterocycles. The molecule has 3 aromatic rings. The third kappa shape index (κ3) is 2.93. The van der Waals surface area contributed by atoms with Crippen LogP contribution in [0.15, 0.2) is 29.2 Å². The predicted octanol–water partition coefficient (Wildman–Crippen LogP) is 1.36. The zero-order valence-corrected chi connectivity index (χ0v) is 15.5. The first-order valence-corrected chi connectivity index (χ1v) is 8.98. The van der Waals surface area contributed by atoms with Gasteiger partial charge >= 0.3 is 5.97 Å². The number of rotatable bonds is 3. The van der Waals surface area contributed by atoms with Gasteiger partial charge in [-0.3, -0.25) is 4.79 Å². The van der Waals surface area contributed by atoms with Crippen molar-refractivity contribution in [2.45, 2.75) is 13.0 Å². The summed E-state index contributed by atoms with van der Waals surface area (Å²) in [6, 6.07) is 4.77. The molecule has 0 bridgehead atoms. The normalized spacial score (nSPS) is 17.2. The van der Waals surface area contributed by atoms with Crippen molar-refractivity contribution >= 4 is 33.6 Å². The number of aromatic nitrogens is 2. The number of benzene rings is 1. The van der Waals surface area contributed by atoms with E-state index in [4.69, 9.17) is 0 Å². The van der Waals surface area contributed by atoms with Crippen LogP contribution in [0.1, 0.15) is 17.3 Å². The molecule has 1 aliphatic heterocycles. The lowest BCUT2D eigenvalue weighted by atomic mass is 10.1. The van der Waals surface area contributed by atoms with Gasteiger partial charge in [0, 0.05) is 44.3 Å². The van der Waals surface area contributed by atoms with E-state index in [-0.39, 0.29) is 22.6 Å². The summed E-state index contributed by atoms with van der Waals surface area (Å²) in [5.41, 5.74) is 3.07. The number of aromatic carboxylic acids is 1. The van der Waals surface area contributed by atoms with Gasteiger partial charge < -0.3 is 20.7 Å². The van der Waals surface area contributed by atoms with Crippen molar-refractivity contribution in [3.05, 3.63) is 46.0 Å². The summed E-state index contributed by atoms with van der Waals surface area (Å²) >= 11 is 0. The predicted molar refractivity (Wildman–Crippen MR) is 105 cm³/mol. The topological polar surface area (TPSA) is 99.5 Å². The Balaban J connectivity index is 1.95. The molecule has 3 N–H and O–H groups in total. The Morgan fingerprint density at radius 1 is 1.39 bits per heavy atom. The maximum Gasteiger partial charge on any atom is 0.341 e. The van der Waals surface area contributed by atoms with Crippen LogP contribution in [0.5, 0.6) is 0 Å². The fourth-order valence-electron chi connectivity index (χ4n) is 3.63. The lowest BCUT2D eigenvalue weighted by Crippen LogP contribution is -2.49. The van der Waals surface area contributed by atoms with Gasteiger partial charge in [0.15, 0.2) is 5.65 Å². The van der Waals surface area contributed by atoms with E-state index < -0.39 is 17.2 Å². The van der Waals surface area contributed by atoms with Gasteiger partial charge in [0.05, 0.1) is 16.6 Å². The van der Waals surface area contributed by atoms with E-state index >= 15 is 0 Å². The maximum absolute atomic E-state index is 14.8. The number of carbonyl (C=O) groups is 1. The molecule has 146 valence electrons. The molecule has 0 aliphatic carbocycles. The third-order valence-corrected chi connectivity index (χ3v) is 5.02. The smallest absolute Gasteiger partial charge is 0.341 e. The summed E-state index contributed by atoms with van der Waals surface area (Å²) < 4.78 is 16.2. The number of halogens is 1. The van der Waals surface area contributed by atoms with E-state index in [1.165, 1.54) is 23.0 Å². The highest BCUT2D eigenvalue weighted by Gasteiger charge is 2.21. The number of pyridine rings is 2. The van der Waals surface area contributed by atoms with Crippen molar-refractivity contribution in [1.82, 2.24) is 15.0 Å². The lowest BCUT2D eigenvalue weighted by Gasteiger charge is -2.33. The Morgan fingerprint density at radius 3 is 2.86 bits per heavy atom. The first kappa shape index (κ1) is 18.2. The number of hydrogen-bond acceptors (Lipinski definition) is 6. The van der Waals surface area contributed by atoms with E-state index in [0.29, 0.717) is 29.7 Å². The Kier molecular flexibility index (Phi) is 4.38. The fourth-order valence-corrected chi connectivity index (χ4v) is 3.63. The second kappa shape index (κ2) is 6.75. The standard InChI is InChI=1S/C19H20FN5O3/c1-10-8-24(4-3-22-10)16-7-15-11(6-14(16)20)5-12-17(26)13(19(27)28)9-25(21-2)18(12)23-15/h5-7,9-10,21-22H,3-4,8H2,1-2H3,(H,27,28). The summed E-state index contributed by atoms with van der Waals surface area (Å²) in [7, 11) is 1.60. The van der Waals surface area contributed by atoms with Crippen LogP contribution in [0.25, 0.3) is 21.9 Å². The molecular weight excluding hydrogens is 365 g/mol. The van der Waals surface area contributed by atoms with Crippen LogP contribution in [0.4, 0.5) is 10.1 Å². The Morgan fingerprint density at radius 2 is 2.18 bits per heavy atom. The molecule has 1 fully saturated rings. The molecule has 0 spiro atoms. The van der Waals surface area contributed by atoms with Gasteiger partial charge in [-0.05, 0) is 25.1 Å². The fraction of sp³-hybridized carbons (Fsp3) is 0.316. The molecule has 28 heavy (non-hydrogen) atoms. The number of nitrogens with zero attached hydrogens (tertiary/aromatic N) is 3. The van der Waals surface area contributed by atoms with Crippen LogP contribution >= 0.6 is 0 Å². The zero-order chi connectivity index (χ0) is 20.0. The van der Waals surface area contributed by atoms with Crippen LogP contribution in [-0.4, -0.2) is 53.5 Å². The minimum Gasteiger partial charge on any atom is -0.477 e. The second-order valence-electron chi connectivity index (χ2n) is 6.93. The minimum atomic E-state index is -1.33. The van der Waals surface area contributed by atoms with E-state index in [1.54, 1.807) is 13.1 Å². The molecule has 4 rings (SSSR count).